The third kappa shape index (κ3) is 2.43. The average molecular weight is 270 g/mol. The van der Waals surface area contributed by atoms with Gasteiger partial charge >= 0.3 is 0 Å². The molecule has 0 bridgehead atoms. The van der Waals surface area contributed by atoms with Crippen molar-refractivity contribution in [1.82, 2.24) is 0 Å². The van der Waals surface area contributed by atoms with Gasteiger partial charge in [0, 0.05) is 0 Å². The molecule has 0 aromatic rings. The average Bonchev–Trinajstić information content (AvgIpc) is 2.74. The van der Waals surface area contributed by atoms with E-state index in [1.807, 2.05) is 0 Å². The second-order valence-electron chi connectivity index (χ2n) is 7.63. The standard InChI is InChI=1S/C20H30/c1-15-7-4-5-8-17(15)11-12-18-9-6-14-20(3)16(2)10-13-19(18)20/h11-12,16,19H,1,4-10,13-14H2,2-3H3/b17-11-,18-12+/t16-,19?,20+/m0/s1. The summed E-state index contributed by atoms with van der Waals surface area (Å²) in [7, 11) is 0. The summed E-state index contributed by atoms with van der Waals surface area (Å²) in [5, 5.41) is 0. The summed E-state index contributed by atoms with van der Waals surface area (Å²) < 4.78 is 0. The smallest absolute Gasteiger partial charge is 0.0143 e. The predicted octanol–water partition coefficient (Wildman–Crippen LogP) is 6.21. The molecule has 0 amide bonds. The van der Waals surface area contributed by atoms with Gasteiger partial charge in [-0.25, -0.2) is 0 Å². The first-order valence-corrected chi connectivity index (χ1v) is 8.69. The minimum Gasteiger partial charge on any atom is -0.0956 e. The molecule has 0 heterocycles. The normalized spacial score (nSPS) is 42.2. The van der Waals surface area contributed by atoms with E-state index in [9.17, 15) is 0 Å². The highest BCUT2D eigenvalue weighted by Crippen LogP contribution is 2.57. The molecule has 0 nitrogen and oxygen atoms in total. The molecule has 110 valence electrons. The molecule has 0 aromatic carbocycles. The van der Waals surface area contributed by atoms with E-state index in [2.05, 4.69) is 32.6 Å². The molecular weight excluding hydrogens is 240 g/mol. The number of hydrogen-bond donors (Lipinski definition) is 0. The highest BCUT2D eigenvalue weighted by atomic mass is 14.5. The Bertz CT molecular complexity index is 451. The van der Waals surface area contributed by atoms with E-state index in [1.54, 1.807) is 5.57 Å². The third-order valence-electron chi connectivity index (χ3n) is 6.57. The van der Waals surface area contributed by atoms with Gasteiger partial charge in [-0.1, -0.05) is 43.7 Å². The van der Waals surface area contributed by atoms with Crippen molar-refractivity contribution in [2.75, 3.05) is 0 Å². The van der Waals surface area contributed by atoms with Gasteiger partial charge in [0.15, 0.2) is 0 Å². The van der Waals surface area contributed by atoms with Gasteiger partial charge in [-0.15, -0.1) is 0 Å². The first kappa shape index (κ1) is 14.2. The van der Waals surface area contributed by atoms with Crippen LogP contribution in [0.4, 0.5) is 0 Å². The van der Waals surface area contributed by atoms with Crippen LogP contribution in [0.15, 0.2) is 35.5 Å². The van der Waals surface area contributed by atoms with E-state index in [-0.39, 0.29) is 0 Å². The van der Waals surface area contributed by atoms with Crippen LogP contribution in [0.5, 0.6) is 0 Å². The molecule has 0 heteroatoms. The molecule has 3 saturated carbocycles. The molecule has 3 aliphatic rings. The summed E-state index contributed by atoms with van der Waals surface area (Å²) in [6.07, 6.45) is 17.1. The van der Waals surface area contributed by atoms with Crippen LogP contribution in [-0.4, -0.2) is 0 Å². The minimum atomic E-state index is 0.589. The first-order valence-electron chi connectivity index (χ1n) is 8.69. The zero-order chi connectivity index (χ0) is 14.2. The molecule has 3 fully saturated rings. The Morgan fingerprint density at radius 2 is 1.85 bits per heavy atom. The van der Waals surface area contributed by atoms with Crippen molar-refractivity contribution in [3.8, 4) is 0 Å². The lowest BCUT2D eigenvalue weighted by Gasteiger charge is -2.41. The summed E-state index contributed by atoms with van der Waals surface area (Å²) >= 11 is 0. The molecule has 0 aliphatic heterocycles. The van der Waals surface area contributed by atoms with E-state index in [1.165, 1.54) is 68.9 Å². The quantitative estimate of drug-likeness (QED) is 0.531. The number of allylic oxidation sites excluding steroid dienone is 5. The van der Waals surface area contributed by atoms with Gasteiger partial charge in [0.05, 0.1) is 0 Å². The minimum absolute atomic E-state index is 0.589. The Morgan fingerprint density at radius 3 is 2.65 bits per heavy atom. The molecule has 0 aromatic heterocycles. The lowest BCUT2D eigenvalue weighted by molar-refractivity contribution is 0.147. The fraction of sp³-hybridized carbons (Fsp3) is 0.700. The summed E-state index contributed by atoms with van der Waals surface area (Å²) in [5.74, 6) is 1.77. The molecule has 3 atom stereocenters. The fourth-order valence-corrected chi connectivity index (χ4v) is 4.90. The monoisotopic (exact) mass is 270 g/mol. The number of fused-ring (bicyclic) bond motifs is 1. The second-order valence-corrected chi connectivity index (χ2v) is 7.63. The summed E-state index contributed by atoms with van der Waals surface area (Å²) in [6.45, 7) is 9.28. The topological polar surface area (TPSA) is 0 Å². The highest BCUT2D eigenvalue weighted by molar-refractivity contribution is 5.35. The maximum atomic E-state index is 4.25. The Morgan fingerprint density at radius 1 is 1.05 bits per heavy atom. The van der Waals surface area contributed by atoms with Crippen LogP contribution in [0.1, 0.15) is 71.6 Å². The molecule has 0 N–H and O–H groups in total. The Labute approximate surface area is 125 Å². The Hall–Kier alpha value is -0.780. The molecule has 0 spiro atoms. The van der Waals surface area contributed by atoms with E-state index >= 15 is 0 Å². The predicted molar refractivity (Wildman–Crippen MR) is 87.6 cm³/mol. The first-order chi connectivity index (χ1) is 9.61. The van der Waals surface area contributed by atoms with Crippen LogP contribution in [0.25, 0.3) is 0 Å². The van der Waals surface area contributed by atoms with E-state index in [4.69, 9.17) is 0 Å². The van der Waals surface area contributed by atoms with Crippen LogP contribution < -0.4 is 0 Å². The van der Waals surface area contributed by atoms with Gasteiger partial charge in [0.25, 0.3) is 0 Å². The number of hydrogen-bond acceptors (Lipinski definition) is 0. The molecule has 3 aliphatic carbocycles. The van der Waals surface area contributed by atoms with Gasteiger partial charge < -0.3 is 0 Å². The van der Waals surface area contributed by atoms with Crippen molar-refractivity contribution in [3.05, 3.63) is 35.5 Å². The van der Waals surface area contributed by atoms with Crippen LogP contribution in [0.3, 0.4) is 0 Å². The fourth-order valence-electron chi connectivity index (χ4n) is 4.90. The Balaban J connectivity index is 1.81. The Kier molecular flexibility index (Phi) is 3.93. The second kappa shape index (κ2) is 5.54. The molecule has 20 heavy (non-hydrogen) atoms. The van der Waals surface area contributed by atoms with Crippen molar-refractivity contribution >= 4 is 0 Å². The maximum absolute atomic E-state index is 4.25. The van der Waals surface area contributed by atoms with E-state index < -0.39 is 0 Å². The summed E-state index contributed by atoms with van der Waals surface area (Å²) in [4.78, 5) is 0. The van der Waals surface area contributed by atoms with Crippen molar-refractivity contribution in [3.63, 3.8) is 0 Å². The molecule has 1 unspecified atom stereocenters. The third-order valence-corrected chi connectivity index (χ3v) is 6.57. The SMILES string of the molecule is C=C1CCCC/C1=C/C=C1\CCC[C@@]2(C)C1CC[C@@H]2C. The van der Waals surface area contributed by atoms with Gasteiger partial charge in [-0.3, -0.25) is 0 Å². The molecule has 3 rings (SSSR count). The zero-order valence-corrected chi connectivity index (χ0v) is 13.4. The van der Waals surface area contributed by atoms with Crippen LogP contribution >= 0.6 is 0 Å². The van der Waals surface area contributed by atoms with Crippen LogP contribution in [0, 0.1) is 17.3 Å². The van der Waals surface area contributed by atoms with Crippen molar-refractivity contribution in [2.24, 2.45) is 17.3 Å². The zero-order valence-electron chi connectivity index (χ0n) is 13.4. The highest BCUT2D eigenvalue weighted by Gasteiger charge is 2.46. The van der Waals surface area contributed by atoms with Gasteiger partial charge in [0.2, 0.25) is 0 Å². The molecule has 0 radical (unpaired) electrons. The van der Waals surface area contributed by atoms with E-state index in [0.717, 1.165) is 11.8 Å². The lowest BCUT2D eigenvalue weighted by Crippen LogP contribution is -2.31. The molecular formula is C20H30. The van der Waals surface area contributed by atoms with Crippen molar-refractivity contribution < 1.29 is 0 Å². The molecule has 0 saturated heterocycles. The summed E-state index contributed by atoms with van der Waals surface area (Å²) in [5.41, 5.74) is 5.26. The number of rotatable bonds is 1. The lowest BCUT2D eigenvalue weighted by atomic mass is 9.64. The van der Waals surface area contributed by atoms with Gasteiger partial charge in [0.1, 0.15) is 0 Å². The van der Waals surface area contributed by atoms with Crippen molar-refractivity contribution in [2.45, 2.75) is 71.6 Å². The van der Waals surface area contributed by atoms with Gasteiger partial charge in [-0.2, -0.15) is 0 Å². The van der Waals surface area contributed by atoms with Gasteiger partial charge in [-0.05, 0) is 80.6 Å². The van der Waals surface area contributed by atoms with Crippen molar-refractivity contribution in [1.29, 1.82) is 0 Å². The van der Waals surface area contributed by atoms with E-state index in [0.29, 0.717) is 5.41 Å². The van der Waals surface area contributed by atoms with Crippen LogP contribution in [0.2, 0.25) is 0 Å². The summed E-state index contributed by atoms with van der Waals surface area (Å²) in [6, 6.07) is 0. The maximum Gasteiger partial charge on any atom is -0.0143 e. The van der Waals surface area contributed by atoms with Crippen LogP contribution in [-0.2, 0) is 0 Å². The largest absolute Gasteiger partial charge is 0.0956 e.